The summed E-state index contributed by atoms with van der Waals surface area (Å²) in [5.41, 5.74) is 4.11. The Balaban J connectivity index is 0.00000231. The van der Waals surface area contributed by atoms with Crippen LogP contribution in [-0.4, -0.2) is 55.6 Å². The fraction of sp³-hybridized carbons (Fsp3) is 0.273. The molecule has 8 nitrogen and oxygen atoms in total. The van der Waals surface area contributed by atoms with Crippen LogP contribution < -0.4 is 5.32 Å². The van der Waals surface area contributed by atoms with Crippen molar-refractivity contribution < 1.29 is 4.79 Å². The molecule has 1 saturated heterocycles. The van der Waals surface area contributed by atoms with Gasteiger partial charge in [-0.3, -0.25) is 19.8 Å². The van der Waals surface area contributed by atoms with Crippen LogP contribution in [0.1, 0.15) is 35.2 Å². The highest BCUT2D eigenvalue weighted by Crippen LogP contribution is 2.29. The number of hydrogen-bond acceptors (Lipinski definition) is 5. The van der Waals surface area contributed by atoms with Crippen LogP contribution in [0.5, 0.6) is 0 Å². The van der Waals surface area contributed by atoms with E-state index in [0.717, 1.165) is 47.5 Å². The molecule has 5 rings (SSSR count). The standard InChI is InChI=1S/C22H23N7O.ClH/c1-29-11-8-15(12-20(29)21-25-16-4-2-3-5-17(16)26-21)24-22(30)19-13-18(27-28-19)14-6-9-23-10-7-14;/h2-7,9-10,13,15,20H,8,11-12H2,1H3,(H,24,30)(H,25,26)(H,27,28);1H/t15-,20-;/m1./s1. The molecular formula is C22H24ClN7O. The summed E-state index contributed by atoms with van der Waals surface area (Å²) in [5.74, 6) is 0.805. The molecule has 1 aromatic carbocycles. The summed E-state index contributed by atoms with van der Waals surface area (Å²) in [5, 5.41) is 10.3. The second-order valence-corrected chi connectivity index (χ2v) is 7.73. The summed E-state index contributed by atoms with van der Waals surface area (Å²) in [6, 6.07) is 13.7. The molecule has 31 heavy (non-hydrogen) atoms. The van der Waals surface area contributed by atoms with Crippen LogP contribution in [0.3, 0.4) is 0 Å². The monoisotopic (exact) mass is 437 g/mol. The van der Waals surface area contributed by atoms with E-state index in [9.17, 15) is 4.79 Å². The molecule has 1 aliphatic heterocycles. The van der Waals surface area contributed by atoms with E-state index < -0.39 is 0 Å². The second kappa shape index (κ2) is 8.87. The van der Waals surface area contributed by atoms with Gasteiger partial charge in [0.05, 0.1) is 22.8 Å². The van der Waals surface area contributed by atoms with E-state index in [-0.39, 0.29) is 30.4 Å². The molecule has 4 aromatic rings. The number of nitrogens with zero attached hydrogens (tertiary/aromatic N) is 4. The van der Waals surface area contributed by atoms with Crippen LogP contribution in [0.15, 0.2) is 54.9 Å². The molecule has 0 aliphatic carbocycles. The molecule has 0 radical (unpaired) electrons. The maximum atomic E-state index is 12.8. The van der Waals surface area contributed by atoms with Crippen molar-refractivity contribution >= 4 is 29.3 Å². The maximum absolute atomic E-state index is 12.8. The molecule has 160 valence electrons. The number of aromatic nitrogens is 5. The van der Waals surface area contributed by atoms with Crippen LogP contribution >= 0.6 is 12.4 Å². The van der Waals surface area contributed by atoms with Crippen LogP contribution in [0.2, 0.25) is 0 Å². The number of nitrogens with one attached hydrogen (secondary N) is 3. The molecule has 0 saturated carbocycles. The average Bonchev–Trinajstić information content (AvgIpc) is 3.43. The minimum absolute atomic E-state index is 0. The molecule has 3 N–H and O–H groups in total. The normalized spacial score (nSPS) is 19.1. The first kappa shape index (κ1) is 21.0. The van der Waals surface area contributed by atoms with E-state index in [4.69, 9.17) is 4.98 Å². The topological polar surface area (TPSA) is 103 Å². The largest absolute Gasteiger partial charge is 0.348 e. The molecule has 4 heterocycles. The van der Waals surface area contributed by atoms with Gasteiger partial charge in [-0.15, -0.1) is 12.4 Å². The number of benzene rings is 1. The highest BCUT2D eigenvalue weighted by Gasteiger charge is 2.30. The SMILES string of the molecule is CN1CC[C@@H](NC(=O)c2cc(-c3ccncc3)n[nH]2)C[C@@H]1c1nc2ccccc2[nH]1.Cl. The van der Waals surface area contributed by atoms with Gasteiger partial charge in [0.15, 0.2) is 0 Å². The Morgan fingerprint density at radius 3 is 2.81 bits per heavy atom. The summed E-state index contributed by atoms with van der Waals surface area (Å²) in [6.07, 6.45) is 5.11. The first-order chi connectivity index (χ1) is 14.7. The van der Waals surface area contributed by atoms with Crippen molar-refractivity contribution in [3.05, 3.63) is 66.4 Å². The zero-order chi connectivity index (χ0) is 20.5. The van der Waals surface area contributed by atoms with Crippen molar-refractivity contribution in [2.24, 2.45) is 0 Å². The summed E-state index contributed by atoms with van der Waals surface area (Å²) in [7, 11) is 2.10. The number of hydrogen-bond donors (Lipinski definition) is 3. The Hall–Kier alpha value is -3.23. The molecular weight excluding hydrogens is 414 g/mol. The zero-order valence-electron chi connectivity index (χ0n) is 17.1. The fourth-order valence-corrected chi connectivity index (χ4v) is 4.04. The third-order valence-corrected chi connectivity index (χ3v) is 5.73. The number of piperidine rings is 1. The van der Waals surface area contributed by atoms with Gasteiger partial charge in [0.25, 0.3) is 5.91 Å². The summed E-state index contributed by atoms with van der Waals surface area (Å²) >= 11 is 0. The highest BCUT2D eigenvalue weighted by molar-refractivity contribution is 5.93. The lowest BCUT2D eigenvalue weighted by Gasteiger charge is -2.36. The number of fused-ring (bicyclic) bond motifs is 1. The minimum atomic E-state index is -0.138. The smallest absolute Gasteiger partial charge is 0.269 e. The van der Waals surface area contributed by atoms with E-state index in [1.165, 1.54) is 0 Å². The number of rotatable bonds is 4. The Kier molecular flexibility index (Phi) is 6.01. The number of para-hydroxylation sites is 2. The number of likely N-dealkylation sites (tertiary alicyclic amines) is 1. The van der Waals surface area contributed by atoms with Gasteiger partial charge in [0.2, 0.25) is 0 Å². The Labute approximate surface area is 185 Å². The van der Waals surface area contributed by atoms with Crippen LogP contribution in [0, 0.1) is 0 Å². The summed E-state index contributed by atoms with van der Waals surface area (Å²) < 4.78 is 0. The lowest BCUT2D eigenvalue weighted by molar-refractivity contribution is 0.0879. The van der Waals surface area contributed by atoms with Crippen molar-refractivity contribution in [3.63, 3.8) is 0 Å². The molecule has 2 atom stereocenters. The summed E-state index contributed by atoms with van der Waals surface area (Å²) in [4.78, 5) is 27.3. The number of pyridine rings is 1. The molecule has 0 bridgehead atoms. The van der Waals surface area contributed by atoms with Crippen molar-refractivity contribution in [2.45, 2.75) is 24.9 Å². The van der Waals surface area contributed by atoms with Crippen molar-refractivity contribution in [1.82, 2.24) is 35.4 Å². The van der Waals surface area contributed by atoms with Gasteiger partial charge in [0, 0.05) is 30.5 Å². The van der Waals surface area contributed by atoms with Gasteiger partial charge < -0.3 is 10.3 Å². The van der Waals surface area contributed by atoms with Crippen LogP contribution in [0.4, 0.5) is 0 Å². The first-order valence-electron chi connectivity index (χ1n) is 10.1. The Bertz CT molecular complexity index is 1140. The minimum Gasteiger partial charge on any atom is -0.348 e. The van der Waals surface area contributed by atoms with E-state index >= 15 is 0 Å². The zero-order valence-corrected chi connectivity index (χ0v) is 17.9. The Morgan fingerprint density at radius 2 is 2.00 bits per heavy atom. The molecule has 3 aromatic heterocycles. The number of amides is 1. The highest BCUT2D eigenvalue weighted by atomic mass is 35.5. The average molecular weight is 438 g/mol. The predicted octanol–water partition coefficient (Wildman–Crippen LogP) is 3.34. The van der Waals surface area contributed by atoms with E-state index in [0.29, 0.717) is 5.69 Å². The lowest BCUT2D eigenvalue weighted by Crippen LogP contribution is -2.45. The van der Waals surface area contributed by atoms with Crippen LogP contribution in [-0.2, 0) is 0 Å². The quantitative estimate of drug-likeness (QED) is 0.454. The van der Waals surface area contributed by atoms with Crippen molar-refractivity contribution in [3.8, 4) is 11.3 Å². The molecule has 9 heteroatoms. The number of H-pyrrole nitrogens is 2. The van der Waals surface area contributed by atoms with Gasteiger partial charge in [-0.25, -0.2) is 4.98 Å². The molecule has 1 fully saturated rings. The lowest BCUT2D eigenvalue weighted by atomic mass is 9.97. The third-order valence-electron chi connectivity index (χ3n) is 5.73. The van der Waals surface area contributed by atoms with Gasteiger partial charge in [0.1, 0.15) is 11.5 Å². The van der Waals surface area contributed by atoms with Gasteiger partial charge in [-0.2, -0.15) is 5.10 Å². The number of aromatic amines is 2. The number of halogens is 1. The number of imidazole rings is 1. The van der Waals surface area contributed by atoms with E-state index in [1.807, 2.05) is 36.4 Å². The summed E-state index contributed by atoms with van der Waals surface area (Å²) in [6.45, 7) is 0.887. The van der Waals surface area contributed by atoms with E-state index in [1.54, 1.807) is 18.5 Å². The fourth-order valence-electron chi connectivity index (χ4n) is 4.04. The Morgan fingerprint density at radius 1 is 1.19 bits per heavy atom. The van der Waals surface area contributed by atoms with Gasteiger partial charge >= 0.3 is 0 Å². The van der Waals surface area contributed by atoms with Gasteiger partial charge in [-0.1, -0.05) is 12.1 Å². The molecule has 0 spiro atoms. The molecule has 1 amide bonds. The second-order valence-electron chi connectivity index (χ2n) is 7.73. The van der Waals surface area contributed by atoms with Crippen molar-refractivity contribution in [1.29, 1.82) is 0 Å². The molecule has 0 unspecified atom stereocenters. The van der Waals surface area contributed by atoms with Crippen molar-refractivity contribution in [2.75, 3.05) is 13.6 Å². The molecule has 1 aliphatic rings. The van der Waals surface area contributed by atoms with E-state index in [2.05, 4.69) is 37.4 Å². The predicted molar refractivity (Wildman–Crippen MR) is 121 cm³/mol. The van der Waals surface area contributed by atoms with Gasteiger partial charge in [-0.05, 0) is 50.2 Å². The first-order valence-corrected chi connectivity index (χ1v) is 10.1. The maximum Gasteiger partial charge on any atom is 0.269 e. The van der Waals surface area contributed by atoms with Crippen LogP contribution in [0.25, 0.3) is 22.3 Å². The number of carbonyl (C=O) groups excluding carboxylic acids is 1. The number of carbonyl (C=O) groups is 1. The third kappa shape index (κ3) is 4.30.